The Hall–Kier alpha value is -0.610. The van der Waals surface area contributed by atoms with E-state index >= 15 is 0 Å². The lowest BCUT2D eigenvalue weighted by Crippen LogP contribution is -2.19. The topological polar surface area (TPSA) is 39.9 Å². The molecule has 2 fully saturated rings. The summed E-state index contributed by atoms with van der Waals surface area (Å²) >= 11 is 6.10. The fourth-order valence-corrected chi connectivity index (χ4v) is 2.52. The van der Waals surface area contributed by atoms with Gasteiger partial charge in [0.15, 0.2) is 0 Å². The highest BCUT2D eigenvalue weighted by Gasteiger charge is 2.35. The smallest absolute Gasteiger partial charge is 0.225 e. The van der Waals surface area contributed by atoms with Crippen molar-refractivity contribution in [3.05, 3.63) is 11.1 Å². The van der Waals surface area contributed by atoms with Crippen molar-refractivity contribution in [3.8, 4) is 0 Å². The SMILES string of the molecule is CC1OCCC1n1c(Cl)nnc1C1CC1. The molecule has 2 atom stereocenters. The van der Waals surface area contributed by atoms with Gasteiger partial charge in [-0.15, -0.1) is 10.2 Å². The lowest BCUT2D eigenvalue weighted by Gasteiger charge is -2.18. The fourth-order valence-electron chi connectivity index (χ4n) is 2.27. The summed E-state index contributed by atoms with van der Waals surface area (Å²) in [5.74, 6) is 1.64. The second kappa shape index (κ2) is 3.46. The predicted molar refractivity (Wildman–Crippen MR) is 56.1 cm³/mol. The molecule has 0 N–H and O–H groups in total. The van der Waals surface area contributed by atoms with Gasteiger partial charge in [-0.3, -0.25) is 4.57 Å². The molecule has 1 saturated carbocycles. The molecule has 0 radical (unpaired) electrons. The van der Waals surface area contributed by atoms with E-state index in [0.29, 0.717) is 17.2 Å². The maximum Gasteiger partial charge on any atom is 0.225 e. The molecule has 1 aromatic rings. The molecule has 2 aliphatic rings. The Morgan fingerprint density at radius 2 is 2.13 bits per heavy atom. The monoisotopic (exact) mass is 227 g/mol. The number of nitrogens with zero attached hydrogens (tertiary/aromatic N) is 3. The average Bonchev–Trinajstić information content (AvgIpc) is 2.88. The summed E-state index contributed by atoms with van der Waals surface area (Å²) in [6.07, 6.45) is 3.67. The van der Waals surface area contributed by atoms with Crippen LogP contribution in [-0.4, -0.2) is 27.5 Å². The highest BCUT2D eigenvalue weighted by atomic mass is 35.5. The van der Waals surface area contributed by atoms with Crippen LogP contribution in [0.5, 0.6) is 0 Å². The molecule has 4 nitrogen and oxygen atoms in total. The van der Waals surface area contributed by atoms with E-state index in [1.807, 2.05) is 0 Å². The van der Waals surface area contributed by atoms with Gasteiger partial charge in [0.1, 0.15) is 5.82 Å². The third-order valence-corrected chi connectivity index (χ3v) is 3.55. The Kier molecular flexibility index (Phi) is 2.21. The van der Waals surface area contributed by atoms with Gasteiger partial charge in [-0.1, -0.05) is 0 Å². The molecule has 0 spiro atoms. The van der Waals surface area contributed by atoms with Gasteiger partial charge in [0.2, 0.25) is 5.28 Å². The molecule has 0 bridgehead atoms. The molecule has 2 heterocycles. The van der Waals surface area contributed by atoms with E-state index in [1.165, 1.54) is 12.8 Å². The van der Waals surface area contributed by atoms with E-state index in [1.54, 1.807) is 0 Å². The van der Waals surface area contributed by atoms with Crippen molar-refractivity contribution < 1.29 is 4.74 Å². The van der Waals surface area contributed by atoms with E-state index in [-0.39, 0.29) is 6.10 Å². The van der Waals surface area contributed by atoms with Crippen molar-refractivity contribution in [2.75, 3.05) is 6.61 Å². The summed E-state index contributed by atoms with van der Waals surface area (Å²) in [6.45, 7) is 2.90. The zero-order chi connectivity index (χ0) is 10.4. The normalized spacial score (nSPS) is 31.1. The molecule has 1 aliphatic heterocycles. The Morgan fingerprint density at radius 3 is 2.73 bits per heavy atom. The molecule has 0 amide bonds. The Bertz CT molecular complexity index is 375. The molecular weight excluding hydrogens is 214 g/mol. The number of halogens is 1. The van der Waals surface area contributed by atoms with Crippen LogP contribution in [0, 0.1) is 0 Å². The third kappa shape index (κ3) is 1.56. The minimum Gasteiger partial charge on any atom is -0.376 e. The van der Waals surface area contributed by atoms with Crippen LogP contribution < -0.4 is 0 Å². The molecule has 3 rings (SSSR count). The van der Waals surface area contributed by atoms with Crippen LogP contribution in [0.3, 0.4) is 0 Å². The van der Waals surface area contributed by atoms with E-state index in [0.717, 1.165) is 18.9 Å². The van der Waals surface area contributed by atoms with E-state index in [9.17, 15) is 0 Å². The number of rotatable bonds is 2. The molecule has 15 heavy (non-hydrogen) atoms. The first-order valence-corrected chi connectivity index (χ1v) is 5.87. The maximum absolute atomic E-state index is 6.10. The molecule has 1 aliphatic carbocycles. The summed E-state index contributed by atoms with van der Waals surface area (Å²) in [5, 5.41) is 8.68. The zero-order valence-corrected chi connectivity index (χ0v) is 9.44. The minimum atomic E-state index is 0.219. The van der Waals surface area contributed by atoms with E-state index < -0.39 is 0 Å². The van der Waals surface area contributed by atoms with Crippen LogP contribution in [0.1, 0.15) is 44.0 Å². The Balaban J connectivity index is 1.97. The maximum atomic E-state index is 6.10. The number of hydrogen-bond acceptors (Lipinski definition) is 3. The van der Waals surface area contributed by atoms with Crippen LogP contribution >= 0.6 is 11.6 Å². The lowest BCUT2D eigenvalue weighted by atomic mass is 10.1. The first-order valence-electron chi connectivity index (χ1n) is 5.49. The van der Waals surface area contributed by atoms with Gasteiger partial charge in [0.25, 0.3) is 0 Å². The standard InChI is InChI=1S/C10H14ClN3O/c1-6-8(4-5-15-6)14-9(7-2-3-7)12-13-10(14)11/h6-8H,2-5H2,1H3. The molecule has 1 aromatic heterocycles. The predicted octanol–water partition coefficient (Wildman–Crippen LogP) is 2.16. The van der Waals surface area contributed by atoms with Crippen molar-refractivity contribution in [1.29, 1.82) is 0 Å². The second-order valence-corrected chi connectivity index (χ2v) is 4.74. The van der Waals surface area contributed by atoms with Crippen LogP contribution in [0.15, 0.2) is 0 Å². The molecular formula is C10H14ClN3O. The summed E-state index contributed by atoms with van der Waals surface area (Å²) in [7, 11) is 0. The van der Waals surface area contributed by atoms with Gasteiger partial charge < -0.3 is 4.74 Å². The van der Waals surface area contributed by atoms with Crippen LogP contribution in [0.25, 0.3) is 0 Å². The van der Waals surface area contributed by atoms with Crippen molar-refractivity contribution in [2.24, 2.45) is 0 Å². The first kappa shape index (κ1) is 9.60. The van der Waals surface area contributed by atoms with Crippen molar-refractivity contribution >= 4 is 11.6 Å². The van der Waals surface area contributed by atoms with Crippen LogP contribution in [-0.2, 0) is 4.74 Å². The van der Waals surface area contributed by atoms with Crippen molar-refractivity contribution in [1.82, 2.24) is 14.8 Å². The lowest BCUT2D eigenvalue weighted by molar-refractivity contribution is 0.107. The summed E-state index contributed by atoms with van der Waals surface area (Å²) < 4.78 is 7.64. The van der Waals surface area contributed by atoms with E-state index in [4.69, 9.17) is 16.3 Å². The van der Waals surface area contributed by atoms with Gasteiger partial charge in [0.05, 0.1) is 12.1 Å². The van der Waals surface area contributed by atoms with Gasteiger partial charge >= 0.3 is 0 Å². The van der Waals surface area contributed by atoms with Gasteiger partial charge in [-0.25, -0.2) is 0 Å². The fraction of sp³-hybridized carbons (Fsp3) is 0.800. The highest BCUT2D eigenvalue weighted by molar-refractivity contribution is 6.28. The number of aromatic nitrogens is 3. The van der Waals surface area contributed by atoms with Crippen molar-refractivity contribution in [2.45, 2.75) is 44.2 Å². The summed E-state index contributed by atoms with van der Waals surface area (Å²) in [6, 6.07) is 0.322. The molecule has 0 aromatic carbocycles. The first-order chi connectivity index (χ1) is 7.27. The Labute approximate surface area is 93.6 Å². The average molecular weight is 228 g/mol. The summed E-state index contributed by atoms with van der Waals surface area (Å²) in [4.78, 5) is 0. The number of ether oxygens (including phenoxy) is 1. The third-order valence-electron chi connectivity index (χ3n) is 3.29. The second-order valence-electron chi connectivity index (χ2n) is 4.40. The molecule has 2 unspecified atom stereocenters. The highest BCUT2D eigenvalue weighted by Crippen LogP contribution is 2.42. The van der Waals surface area contributed by atoms with Crippen LogP contribution in [0.4, 0.5) is 0 Å². The number of hydrogen-bond donors (Lipinski definition) is 0. The Morgan fingerprint density at radius 1 is 1.33 bits per heavy atom. The van der Waals surface area contributed by atoms with Gasteiger partial charge in [-0.2, -0.15) is 0 Å². The molecule has 5 heteroatoms. The largest absolute Gasteiger partial charge is 0.376 e. The van der Waals surface area contributed by atoms with E-state index in [2.05, 4.69) is 21.7 Å². The van der Waals surface area contributed by atoms with Gasteiger partial charge in [0, 0.05) is 12.5 Å². The molecule has 1 saturated heterocycles. The van der Waals surface area contributed by atoms with Crippen LogP contribution in [0.2, 0.25) is 5.28 Å². The summed E-state index contributed by atoms with van der Waals surface area (Å²) in [5.41, 5.74) is 0. The van der Waals surface area contributed by atoms with Crippen molar-refractivity contribution in [3.63, 3.8) is 0 Å². The quantitative estimate of drug-likeness (QED) is 0.778. The minimum absolute atomic E-state index is 0.219. The molecule has 82 valence electrons. The van der Waals surface area contributed by atoms with Gasteiger partial charge in [-0.05, 0) is 37.8 Å². The zero-order valence-electron chi connectivity index (χ0n) is 8.69.